The van der Waals surface area contributed by atoms with Gasteiger partial charge >= 0.3 is 0 Å². The summed E-state index contributed by atoms with van der Waals surface area (Å²) in [7, 11) is -3.05. The Bertz CT molecular complexity index is 3540. The number of carbonyl (C=O) groups is 1. The molecule has 3 aromatic heterocycles. The molecule has 0 radical (unpaired) electrons. The highest BCUT2D eigenvalue weighted by Gasteiger charge is 2.51. The number of nitro benzene ring substituents is 1. The average Bonchev–Trinajstić information content (AvgIpc) is 2.77. The summed E-state index contributed by atoms with van der Waals surface area (Å²) in [4.78, 5) is 50.4. The zero-order valence-electron chi connectivity index (χ0n) is 47.5. The quantitative estimate of drug-likeness (QED) is 0.0652. The van der Waals surface area contributed by atoms with Crippen LogP contribution in [0.4, 0.5) is 38.6 Å². The van der Waals surface area contributed by atoms with Crippen LogP contribution in [0.1, 0.15) is 78.0 Å². The first-order chi connectivity index (χ1) is 40.8. The van der Waals surface area contributed by atoms with Gasteiger partial charge in [-0.15, -0.1) is 0 Å². The van der Waals surface area contributed by atoms with Crippen molar-refractivity contribution in [3.8, 4) is 11.6 Å². The van der Waals surface area contributed by atoms with E-state index in [1.54, 1.807) is 19.4 Å². The van der Waals surface area contributed by atoms with Crippen molar-refractivity contribution in [2.24, 2.45) is 11.3 Å². The lowest BCUT2D eigenvalue weighted by Crippen LogP contribution is -2.60. The van der Waals surface area contributed by atoms with Crippen molar-refractivity contribution in [1.82, 2.24) is 29.5 Å². The SMILES string of the molecule is COc1cc(CN2CCN(C3CC4(CCN(c5cc(N6c7cc8cc[nH]c8nc7O[C@H]7COCC[C@@H]76)c(C(=O)NS(=O)(=O)c6ccc(NCC7CCOCC7)c([N+](=O)[O-])c6)cc5F)CC4)C3)[C@H](c3ccccc3C)C2)cnc1N1CCOCC1. The van der Waals surface area contributed by atoms with E-state index in [-0.39, 0.29) is 46.8 Å². The van der Waals surface area contributed by atoms with Crippen LogP contribution in [-0.2, 0) is 30.8 Å². The van der Waals surface area contributed by atoms with Crippen molar-refractivity contribution in [3.63, 3.8) is 0 Å². The largest absolute Gasteiger partial charge is 0.493 e. The molecule has 6 aliphatic heterocycles. The van der Waals surface area contributed by atoms with Gasteiger partial charge in [-0.3, -0.25) is 24.7 Å². The van der Waals surface area contributed by atoms with Crippen molar-refractivity contribution in [2.45, 2.75) is 87.5 Å². The van der Waals surface area contributed by atoms with Crippen molar-refractivity contribution in [3.05, 3.63) is 123 Å². The zero-order chi connectivity index (χ0) is 57.7. The lowest BCUT2D eigenvalue weighted by atomic mass is 9.59. The number of pyridine rings is 2. The van der Waals surface area contributed by atoms with E-state index in [2.05, 4.69) is 71.9 Å². The van der Waals surface area contributed by atoms with Gasteiger partial charge in [-0.1, -0.05) is 24.3 Å². The number of anilines is 5. The van der Waals surface area contributed by atoms with E-state index >= 15 is 4.39 Å². The van der Waals surface area contributed by atoms with E-state index in [9.17, 15) is 23.3 Å². The molecule has 0 unspecified atom stereocenters. The normalized spacial score (nSPS) is 22.5. The van der Waals surface area contributed by atoms with Crippen LogP contribution in [0, 0.1) is 34.2 Å². The Morgan fingerprint density at radius 3 is 2.46 bits per heavy atom. The Morgan fingerprint density at radius 1 is 0.893 bits per heavy atom. The summed E-state index contributed by atoms with van der Waals surface area (Å²) in [6.07, 6.45) is 9.03. The van der Waals surface area contributed by atoms with Gasteiger partial charge in [0.05, 0.1) is 59.7 Å². The highest BCUT2D eigenvalue weighted by atomic mass is 32.2. The van der Waals surface area contributed by atoms with Gasteiger partial charge in [0, 0.05) is 115 Å². The number of amides is 1. The minimum atomic E-state index is -4.76. The van der Waals surface area contributed by atoms with E-state index in [1.807, 2.05) is 23.2 Å². The second kappa shape index (κ2) is 23.4. The number of rotatable bonds is 15. The number of benzene rings is 3. The fraction of sp³-hybridized carbons (Fsp3) is 0.492. The Labute approximate surface area is 487 Å². The predicted octanol–water partition coefficient (Wildman–Crippen LogP) is 8.11. The predicted molar refractivity (Wildman–Crippen MR) is 315 cm³/mol. The van der Waals surface area contributed by atoms with Crippen LogP contribution in [0.3, 0.4) is 0 Å². The number of nitrogens with one attached hydrogen (secondary N) is 3. The molecule has 3 N–H and O–H groups in total. The summed E-state index contributed by atoms with van der Waals surface area (Å²) < 4.78 is 77.2. The summed E-state index contributed by atoms with van der Waals surface area (Å²) in [5.74, 6) is 0.352. The average molecular weight is 1170 g/mol. The summed E-state index contributed by atoms with van der Waals surface area (Å²) in [5.41, 5.74) is 4.92. The van der Waals surface area contributed by atoms with E-state index in [0.29, 0.717) is 82.2 Å². The van der Waals surface area contributed by atoms with Gasteiger partial charge in [-0.2, -0.15) is 4.98 Å². The maximum absolute atomic E-state index is 17.3. The lowest BCUT2D eigenvalue weighted by molar-refractivity contribution is -0.384. The standard InChI is InChI=1S/C61H72FN11O10S/c1-39-5-3-4-6-45(39)54-37-68(36-41-27-55(79-2)58(65-35-41)70-20-25-81-26-21-70)18-19-71(54)43-32-61(33-43)13-16-69(17-14-61)51-31-50(72-49-12-24-82-38-56(49)83-60-53(72)28-42-9-15-63-57(42)66-60)46(30-47(51)62)59(74)67-84(77,78)44-7-8-48(52(29-44)73(75)76)64-34-40-10-22-80-23-11-40/h3-9,15,27-31,35,40,43,49,54,56,64H,10-14,16-26,32-34,36-38H2,1-2H3,(H,63,66)(H,67,74)/t49-,54-,56-/m0/s1. The van der Waals surface area contributed by atoms with Gasteiger partial charge in [0.15, 0.2) is 11.6 Å². The summed E-state index contributed by atoms with van der Waals surface area (Å²) >= 11 is 0. The first kappa shape index (κ1) is 56.0. The number of nitrogens with zero attached hydrogens (tertiary/aromatic N) is 8. The Balaban J connectivity index is 0.751. The maximum Gasteiger partial charge on any atom is 0.293 e. The van der Waals surface area contributed by atoms with Crippen LogP contribution in [-0.4, -0.2) is 161 Å². The van der Waals surface area contributed by atoms with E-state index < -0.39 is 49.4 Å². The number of aromatic nitrogens is 3. The maximum atomic E-state index is 17.3. The van der Waals surface area contributed by atoms with Crippen LogP contribution in [0.5, 0.6) is 11.6 Å². The van der Waals surface area contributed by atoms with Gasteiger partial charge in [-0.25, -0.2) is 22.5 Å². The van der Waals surface area contributed by atoms with E-state index in [4.69, 9.17) is 33.7 Å². The lowest BCUT2D eigenvalue weighted by Gasteiger charge is -2.58. The monoisotopic (exact) mass is 1170 g/mol. The van der Waals surface area contributed by atoms with Crippen molar-refractivity contribution in [1.29, 1.82) is 0 Å². The molecule has 7 aliphatic rings. The van der Waals surface area contributed by atoms with Gasteiger partial charge in [0.2, 0.25) is 5.88 Å². The number of H-pyrrole nitrogens is 1. The van der Waals surface area contributed by atoms with Gasteiger partial charge < -0.3 is 48.7 Å². The number of fused-ring (bicyclic) bond motifs is 3. The van der Waals surface area contributed by atoms with E-state index in [0.717, 1.165) is 112 Å². The molecular weight excluding hydrogens is 1100 g/mol. The molecule has 21 nitrogen and oxygen atoms in total. The highest BCUT2D eigenvalue weighted by molar-refractivity contribution is 7.90. The molecule has 23 heteroatoms. The zero-order valence-corrected chi connectivity index (χ0v) is 48.3. The first-order valence-corrected chi connectivity index (χ1v) is 31.0. The minimum Gasteiger partial charge on any atom is -0.493 e. The molecule has 6 fully saturated rings. The smallest absolute Gasteiger partial charge is 0.293 e. The molecular formula is C61H72FN11O10S. The molecule has 1 amide bonds. The molecule has 1 spiro atoms. The van der Waals surface area contributed by atoms with Gasteiger partial charge in [0.25, 0.3) is 21.6 Å². The number of hydrogen-bond acceptors (Lipinski definition) is 18. The third kappa shape index (κ3) is 11.1. The first-order valence-electron chi connectivity index (χ1n) is 29.5. The number of methoxy groups -OCH3 is 1. The summed E-state index contributed by atoms with van der Waals surface area (Å²) in [6, 6.07) is 21.1. The van der Waals surface area contributed by atoms with E-state index in [1.165, 1.54) is 23.3 Å². The number of morpholine rings is 1. The third-order valence-electron chi connectivity index (χ3n) is 18.6. The van der Waals surface area contributed by atoms with Crippen molar-refractivity contribution in [2.75, 3.05) is 119 Å². The van der Waals surface area contributed by atoms with Crippen LogP contribution >= 0.6 is 0 Å². The second-order valence-corrected chi connectivity index (χ2v) is 25.4. The Hall–Kier alpha value is -7.15. The summed E-state index contributed by atoms with van der Waals surface area (Å²) in [5, 5.41) is 16.3. The molecule has 444 valence electrons. The molecule has 3 atom stereocenters. The second-order valence-electron chi connectivity index (χ2n) is 23.7. The molecule has 9 heterocycles. The number of sulfonamides is 1. The Kier molecular flexibility index (Phi) is 15.6. The van der Waals surface area contributed by atoms with Crippen LogP contribution in [0.2, 0.25) is 0 Å². The molecule has 6 aromatic rings. The molecule has 1 saturated carbocycles. The summed E-state index contributed by atoms with van der Waals surface area (Å²) in [6.45, 7) is 12.0. The van der Waals surface area contributed by atoms with Crippen LogP contribution in [0.15, 0.2) is 90.1 Å². The van der Waals surface area contributed by atoms with Gasteiger partial charge in [0.1, 0.15) is 28.9 Å². The molecule has 3 aromatic carbocycles. The number of halogens is 1. The Morgan fingerprint density at radius 2 is 1.68 bits per heavy atom. The number of hydrogen-bond donors (Lipinski definition) is 3. The molecule has 1 aliphatic carbocycles. The number of piperazine rings is 1. The number of piperidine rings is 1. The molecule has 0 bridgehead atoms. The van der Waals surface area contributed by atoms with Crippen molar-refractivity contribution >= 4 is 61.2 Å². The number of ether oxygens (including phenoxy) is 5. The van der Waals surface area contributed by atoms with Crippen LogP contribution < -0.4 is 34.2 Å². The number of aryl methyl sites for hydroxylation is 1. The number of nitro groups is 1. The third-order valence-corrected chi connectivity index (χ3v) is 20.0. The minimum absolute atomic E-state index is 0.0761. The molecule has 84 heavy (non-hydrogen) atoms. The number of aromatic amines is 1. The molecule has 13 rings (SSSR count). The fourth-order valence-electron chi connectivity index (χ4n) is 14.0. The molecule has 5 saturated heterocycles. The number of carbonyl (C=O) groups excluding carboxylic acids is 1. The van der Waals surface area contributed by atoms with Crippen molar-refractivity contribution < 1.29 is 46.2 Å². The van der Waals surface area contributed by atoms with Crippen LogP contribution in [0.25, 0.3) is 11.0 Å². The fourth-order valence-corrected chi connectivity index (χ4v) is 15.0. The highest BCUT2D eigenvalue weighted by Crippen LogP contribution is 2.54. The van der Waals surface area contributed by atoms with Gasteiger partial charge in [-0.05, 0) is 122 Å². The topological polar surface area (TPSA) is 222 Å².